The number of carbonyl (C=O) groups excluding carboxylic acids is 1. The van der Waals surface area contributed by atoms with Crippen LogP contribution in [0.15, 0.2) is 18.2 Å². The molecule has 0 radical (unpaired) electrons. The molecule has 0 heterocycles. The largest absolute Gasteiger partial charge is 0.492 e. The molecule has 1 amide bonds. The molecule has 2 atom stereocenters. The summed E-state index contributed by atoms with van der Waals surface area (Å²) in [7, 11) is 0. The van der Waals surface area contributed by atoms with Gasteiger partial charge >= 0.3 is 0 Å². The number of anilines is 1. The van der Waals surface area contributed by atoms with Crippen LogP contribution in [0.4, 0.5) is 5.69 Å². The van der Waals surface area contributed by atoms with Gasteiger partial charge in [-0.1, -0.05) is 24.4 Å². The molecule has 0 bridgehead atoms. The van der Waals surface area contributed by atoms with Crippen LogP contribution in [0.2, 0.25) is 5.02 Å². The highest BCUT2D eigenvalue weighted by molar-refractivity contribution is 6.32. The molecule has 116 valence electrons. The van der Waals surface area contributed by atoms with Crippen LogP contribution >= 0.6 is 11.6 Å². The summed E-state index contributed by atoms with van der Waals surface area (Å²) in [5.41, 5.74) is 6.49. The molecule has 21 heavy (non-hydrogen) atoms. The topological polar surface area (TPSA) is 64.3 Å². The fourth-order valence-electron chi connectivity index (χ4n) is 2.92. The van der Waals surface area contributed by atoms with Crippen molar-refractivity contribution in [2.45, 2.75) is 32.6 Å². The van der Waals surface area contributed by atoms with Crippen LogP contribution in [0.5, 0.6) is 5.75 Å². The average Bonchev–Trinajstić information content (AvgIpc) is 2.50. The van der Waals surface area contributed by atoms with Crippen LogP contribution < -0.4 is 15.8 Å². The number of ether oxygens (including phenoxy) is 1. The van der Waals surface area contributed by atoms with Crippen molar-refractivity contribution in [2.24, 2.45) is 17.6 Å². The standard InChI is InChI=1S/C16H23ClN2O2/c1-2-21-15-8-7-12(9-14(15)17)19-16(20)13-6-4-3-5-11(13)10-18/h7-9,11,13H,2-6,10,18H2,1H3,(H,19,20). The van der Waals surface area contributed by atoms with Crippen molar-refractivity contribution in [3.63, 3.8) is 0 Å². The van der Waals surface area contributed by atoms with E-state index in [2.05, 4.69) is 5.32 Å². The van der Waals surface area contributed by atoms with Crippen molar-refractivity contribution < 1.29 is 9.53 Å². The van der Waals surface area contributed by atoms with Gasteiger partial charge in [-0.3, -0.25) is 4.79 Å². The van der Waals surface area contributed by atoms with Crippen molar-refractivity contribution in [1.82, 2.24) is 0 Å². The fraction of sp³-hybridized carbons (Fsp3) is 0.562. The second kappa shape index (κ2) is 7.66. The zero-order valence-electron chi connectivity index (χ0n) is 12.4. The molecule has 1 fully saturated rings. The van der Waals surface area contributed by atoms with Crippen LogP contribution in [0.1, 0.15) is 32.6 Å². The first kappa shape index (κ1) is 16.1. The molecule has 4 nitrogen and oxygen atoms in total. The molecular formula is C16H23ClN2O2. The quantitative estimate of drug-likeness (QED) is 0.875. The molecular weight excluding hydrogens is 288 g/mol. The highest BCUT2D eigenvalue weighted by Crippen LogP contribution is 2.32. The Kier molecular flexibility index (Phi) is 5.88. The average molecular weight is 311 g/mol. The first-order chi connectivity index (χ1) is 10.2. The third-order valence-electron chi connectivity index (χ3n) is 4.05. The number of benzene rings is 1. The maximum absolute atomic E-state index is 12.4. The minimum absolute atomic E-state index is 0.00842. The van der Waals surface area contributed by atoms with Gasteiger partial charge in [-0.15, -0.1) is 0 Å². The molecule has 1 aromatic carbocycles. The van der Waals surface area contributed by atoms with Crippen molar-refractivity contribution in [3.8, 4) is 5.75 Å². The number of rotatable bonds is 5. The zero-order chi connectivity index (χ0) is 15.2. The molecule has 1 aliphatic rings. The monoisotopic (exact) mass is 310 g/mol. The molecule has 0 aliphatic heterocycles. The van der Waals surface area contributed by atoms with Crippen LogP contribution in [-0.2, 0) is 4.79 Å². The summed E-state index contributed by atoms with van der Waals surface area (Å²) in [4.78, 5) is 12.4. The number of carbonyl (C=O) groups is 1. The lowest BCUT2D eigenvalue weighted by atomic mass is 9.78. The molecule has 1 aliphatic carbocycles. The number of nitrogens with one attached hydrogen (secondary N) is 1. The number of amides is 1. The second-order valence-electron chi connectivity index (χ2n) is 5.45. The van der Waals surface area contributed by atoms with Crippen molar-refractivity contribution in [3.05, 3.63) is 23.2 Å². The normalized spacial score (nSPS) is 21.9. The molecule has 2 rings (SSSR count). The molecule has 0 saturated heterocycles. The minimum atomic E-state index is 0.00842. The van der Waals surface area contributed by atoms with Gasteiger partial charge in [0.2, 0.25) is 5.91 Å². The summed E-state index contributed by atoms with van der Waals surface area (Å²) in [6.45, 7) is 3.04. The number of nitrogens with two attached hydrogens (primary N) is 1. The summed E-state index contributed by atoms with van der Waals surface area (Å²) in [6.07, 6.45) is 4.22. The highest BCUT2D eigenvalue weighted by Gasteiger charge is 2.29. The predicted molar refractivity (Wildman–Crippen MR) is 85.8 cm³/mol. The van der Waals surface area contributed by atoms with Crippen molar-refractivity contribution in [2.75, 3.05) is 18.5 Å². The molecule has 0 spiro atoms. The summed E-state index contributed by atoms with van der Waals surface area (Å²) < 4.78 is 5.39. The summed E-state index contributed by atoms with van der Waals surface area (Å²) in [5, 5.41) is 3.46. The second-order valence-corrected chi connectivity index (χ2v) is 5.86. The van der Waals surface area contributed by atoms with Crippen molar-refractivity contribution >= 4 is 23.2 Å². The van der Waals surface area contributed by atoms with Gasteiger partial charge in [0, 0.05) is 11.6 Å². The summed E-state index contributed by atoms with van der Waals surface area (Å²) in [6, 6.07) is 5.32. The number of halogens is 1. The lowest BCUT2D eigenvalue weighted by molar-refractivity contribution is -0.122. The van der Waals surface area contributed by atoms with E-state index >= 15 is 0 Å². The molecule has 0 aromatic heterocycles. The van der Waals surface area contributed by atoms with E-state index < -0.39 is 0 Å². The third kappa shape index (κ3) is 4.11. The van der Waals surface area contributed by atoms with Crippen LogP contribution in [-0.4, -0.2) is 19.1 Å². The van der Waals surface area contributed by atoms with Crippen LogP contribution in [0, 0.1) is 11.8 Å². The van der Waals surface area contributed by atoms with Gasteiger partial charge in [0.1, 0.15) is 5.75 Å². The van der Waals surface area contributed by atoms with Gasteiger partial charge in [0.25, 0.3) is 0 Å². The zero-order valence-corrected chi connectivity index (χ0v) is 13.2. The Labute approximate surface area is 131 Å². The van der Waals surface area contributed by atoms with E-state index in [0.717, 1.165) is 19.3 Å². The lowest BCUT2D eigenvalue weighted by Crippen LogP contribution is -2.35. The van der Waals surface area contributed by atoms with Gasteiger partial charge < -0.3 is 15.8 Å². The SMILES string of the molecule is CCOc1ccc(NC(=O)C2CCCCC2CN)cc1Cl. The van der Waals surface area contributed by atoms with E-state index in [9.17, 15) is 4.79 Å². The highest BCUT2D eigenvalue weighted by atomic mass is 35.5. The summed E-state index contributed by atoms with van der Waals surface area (Å²) >= 11 is 6.14. The van der Waals surface area contributed by atoms with Crippen LogP contribution in [0.3, 0.4) is 0 Å². The first-order valence-electron chi connectivity index (χ1n) is 7.59. The van der Waals surface area contributed by atoms with E-state index in [1.165, 1.54) is 6.42 Å². The van der Waals surface area contributed by atoms with Crippen molar-refractivity contribution in [1.29, 1.82) is 0 Å². The van der Waals surface area contributed by atoms with E-state index in [-0.39, 0.29) is 17.7 Å². The molecule has 1 saturated carbocycles. The maximum Gasteiger partial charge on any atom is 0.227 e. The van der Waals surface area contributed by atoms with Gasteiger partial charge in [0.05, 0.1) is 11.6 Å². The molecule has 3 N–H and O–H groups in total. The first-order valence-corrected chi connectivity index (χ1v) is 7.96. The van der Waals surface area contributed by atoms with Gasteiger partial charge in [0.15, 0.2) is 0 Å². The minimum Gasteiger partial charge on any atom is -0.492 e. The maximum atomic E-state index is 12.4. The van der Waals surface area contributed by atoms with E-state index in [4.69, 9.17) is 22.1 Å². The van der Waals surface area contributed by atoms with Gasteiger partial charge in [-0.05, 0) is 50.4 Å². The fourth-order valence-corrected chi connectivity index (χ4v) is 3.16. The van der Waals surface area contributed by atoms with Gasteiger partial charge in [-0.25, -0.2) is 0 Å². The Hall–Kier alpha value is -1.26. The Bertz CT molecular complexity index is 493. The van der Waals surface area contributed by atoms with E-state index in [1.54, 1.807) is 12.1 Å². The Morgan fingerprint density at radius 3 is 2.86 bits per heavy atom. The van der Waals surface area contributed by atoms with Crippen LogP contribution in [0.25, 0.3) is 0 Å². The third-order valence-corrected chi connectivity index (χ3v) is 4.34. The predicted octanol–water partition coefficient (Wildman–Crippen LogP) is 3.44. The molecule has 1 aromatic rings. The van der Waals surface area contributed by atoms with Gasteiger partial charge in [-0.2, -0.15) is 0 Å². The Morgan fingerprint density at radius 2 is 2.19 bits per heavy atom. The number of hydrogen-bond donors (Lipinski definition) is 2. The van der Waals surface area contributed by atoms with E-state index in [0.29, 0.717) is 29.6 Å². The number of hydrogen-bond acceptors (Lipinski definition) is 3. The molecule has 2 unspecified atom stereocenters. The lowest BCUT2D eigenvalue weighted by Gasteiger charge is -2.29. The smallest absolute Gasteiger partial charge is 0.227 e. The Morgan fingerprint density at radius 1 is 1.43 bits per heavy atom. The van der Waals surface area contributed by atoms with E-state index in [1.807, 2.05) is 13.0 Å². The molecule has 5 heteroatoms. The Balaban J connectivity index is 2.03. The summed E-state index contributed by atoms with van der Waals surface area (Å²) in [5.74, 6) is 0.978.